The fourth-order valence-corrected chi connectivity index (χ4v) is 2.67. The van der Waals surface area contributed by atoms with Crippen LogP contribution in [0.1, 0.15) is 25.6 Å². The summed E-state index contributed by atoms with van der Waals surface area (Å²) < 4.78 is 4.01. The van der Waals surface area contributed by atoms with Gasteiger partial charge >= 0.3 is 6.03 Å². The Hall–Kier alpha value is -1.21. The molecule has 0 spiro atoms. The Morgan fingerprint density at radius 2 is 2.22 bits per heavy atom. The molecule has 1 aliphatic rings. The third kappa shape index (κ3) is 3.17. The van der Waals surface area contributed by atoms with Crippen molar-refractivity contribution in [3.63, 3.8) is 0 Å². The molecule has 1 saturated heterocycles. The highest BCUT2D eigenvalue weighted by Gasteiger charge is 2.25. The summed E-state index contributed by atoms with van der Waals surface area (Å²) in [4.78, 5) is 17.8. The van der Waals surface area contributed by atoms with Gasteiger partial charge in [0.1, 0.15) is 5.82 Å². The molecule has 2 amide bonds. The average Bonchev–Trinajstić information content (AvgIpc) is 2.75. The second-order valence-electron chi connectivity index (χ2n) is 4.64. The van der Waals surface area contributed by atoms with Gasteiger partial charge in [0.25, 0.3) is 0 Å². The van der Waals surface area contributed by atoms with Crippen LogP contribution in [-0.2, 0) is 0 Å². The Labute approximate surface area is 110 Å². The molecule has 1 aromatic heterocycles. The number of carbonyl (C=O) groups is 1. The summed E-state index contributed by atoms with van der Waals surface area (Å²) in [7, 11) is 0. The van der Waals surface area contributed by atoms with Crippen LogP contribution in [0.2, 0.25) is 0 Å². The third-order valence-electron chi connectivity index (χ3n) is 3.25. The van der Waals surface area contributed by atoms with E-state index in [1.807, 2.05) is 6.92 Å². The van der Waals surface area contributed by atoms with Crippen molar-refractivity contribution >= 4 is 22.7 Å². The molecule has 2 rings (SSSR count). The summed E-state index contributed by atoms with van der Waals surface area (Å²) in [6, 6.07) is -0.129. The number of nitrogens with one attached hydrogen (secondary N) is 1. The minimum atomic E-state index is -0.291. The lowest BCUT2D eigenvalue weighted by Gasteiger charge is -2.32. The molecular weight excluding hydrogens is 252 g/mol. The topological polar surface area (TPSA) is 78.4 Å². The highest BCUT2D eigenvalue weighted by molar-refractivity contribution is 7.09. The number of rotatable bonds is 2. The van der Waals surface area contributed by atoms with Gasteiger partial charge < -0.3 is 10.0 Å². The zero-order valence-electron chi connectivity index (χ0n) is 10.6. The van der Waals surface area contributed by atoms with Gasteiger partial charge in [-0.1, -0.05) is 0 Å². The van der Waals surface area contributed by atoms with E-state index in [1.54, 1.807) is 11.8 Å². The SMILES string of the molecule is Cc1nsc(NC(=O)N2CCC(C(C)O)CC2)n1. The Kier molecular flexibility index (Phi) is 4.13. The van der Waals surface area contributed by atoms with E-state index in [2.05, 4.69) is 14.7 Å². The summed E-state index contributed by atoms with van der Waals surface area (Å²) in [5.41, 5.74) is 0. The zero-order chi connectivity index (χ0) is 13.1. The largest absolute Gasteiger partial charge is 0.393 e. The summed E-state index contributed by atoms with van der Waals surface area (Å²) in [6.45, 7) is 4.96. The molecule has 1 aliphatic heterocycles. The number of aryl methyl sites for hydroxylation is 1. The van der Waals surface area contributed by atoms with Gasteiger partial charge in [-0.15, -0.1) is 0 Å². The van der Waals surface area contributed by atoms with E-state index in [0.29, 0.717) is 30.0 Å². The Balaban J connectivity index is 1.84. The number of piperidine rings is 1. The molecular formula is C11H18N4O2S. The molecule has 0 radical (unpaired) electrons. The predicted octanol–water partition coefficient (Wildman–Crippen LogP) is 1.47. The molecule has 100 valence electrons. The van der Waals surface area contributed by atoms with Crippen LogP contribution >= 0.6 is 11.5 Å². The second-order valence-corrected chi connectivity index (χ2v) is 5.39. The fourth-order valence-electron chi connectivity index (χ4n) is 2.10. The maximum absolute atomic E-state index is 11.9. The van der Waals surface area contributed by atoms with Gasteiger partial charge in [0.15, 0.2) is 0 Å². The number of aliphatic hydroxyl groups excluding tert-OH is 1. The lowest BCUT2D eigenvalue weighted by molar-refractivity contribution is 0.0820. The molecule has 0 bridgehead atoms. The quantitative estimate of drug-likeness (QED) is 0.853. The molecule has 1 aromatic rings. The van der Waals surface area contributed by atoms with E-state index in [1.165, 1.54) is 11.5 Å². The van der Waals surface area contributed by atoms with Crippen molar-refractivity contribution in [3.05, 3.63) is 5.82 Å². The van der Waals surface area contributed by atoms with Crippen LogP contribution < -0.4 is 5.32 Å². The number of likely N-dealkylation sites (tertiary alicyclic amines) is 1. The van der Waals surface area contributed by atoms with Crippen LogP contribution in [0, 0.1) is 12.8 Å². The van der Waals surface area contributed by atoms with Crippen LogP contribution in [0.25, 0.3) is 0 Å². The Morgan fingerprint density at radius 1 is 1.56 bits per heavy atom. The minimum absolute atomic E-state index is 0.129. The first-order valence-electron chi connectivity index (χ1n) is 6.10. The number of nitrogens with zero attached hydrogens (tertiary/aromatic N) is 3. The predicted molar refractivity (Wildman–Crippen MR) is 69.6 cm³/mol. The van der Waals surface area contributed by atoms with Crippen LogP contribution in [0.15, 0.2) is 0 Å². The zero-order valence-corrected chi connectivity index (χ0v) is 11.4. The molecule has 6 nitrogen and oxygen atoms in total. The lowest BCUT2D eigenvalue weighted by atomic mass is 9.92. The van der Waals surface area contributed by atoms with E-state index in [4.69, 9.17) is 0 Å². The van der Waals surface area contributed by atoms with Crippen LogP contribution in [0.5, 0.6) is 0 Å². The van der Waals surface area contributed by atoms with Crippen LogP contribution in [0.4, 0.5) is 9.93 Å². The van der Waals surface area contributed by atoms with Gasteiger partial charge in [-0.3, -0.25) is 5.32 Å². The smallest absolute Gasteiger partial charge is 0.323 e. The summed E-state index contributed by atoms with van der Waals surface area (Å²) >= 11 is 1.19. The van der Waals surface area contributed by atoms with Crippen LogP contribution in [-0.4, -0.2) is 44.6 Å². The average molecular weight is 270 g/mol. The maximum atomic E-state index is 11.9. The van der Waals surface area contributed by atoms with Gasteiger partial charge in [0, 0.05) is 24.6 Å². The van der Waals surface area contributed by atoms with E-state index in [9.17, 15) is 9.90 Å². The lowest BCUT2D eigenvalue weighted by Crippen LogP contribution is -2.42. The van der Waals surface area contributed by atoms with Crippen molar-refractivity contribution in [2.24, 2.45) is 5.92 Å². The first kappa shape index (κ1) is 13.2. The number of aromatic nitrogens is 2. The number of carbonyl (C=O) groups excluding carboxylic acids is 1. The summed E-state index contributed by atoms with van der Waals surface area (Å²) in [6.07, 6.45) is 1.40. The first-order chi connectivity index (χ1) is 8.56. The van der Waals surface area contributed by atoms with Crippen molar-refractivity contribution in [2.45, 2.75) is 32.8 Å². The molecule has 2 N–H and O–H groups in total. The number of urea groups is 1. The van der Waals surface area contributed by atoms with E-state index >= 15 is 0 Å². The number of anilines is 1. The van der Waals surface area contributed by atoms with E-state index < -0.39 is 0 Å². The van der Waals surface area contributed by atoms with E-state index in [-0.39, 0.29) is 12.1 Å². The van der Waals surface area contributed by atoms with Gasteiger partial charge in [0.2, 0.25) is 5.13 Å². The fraction of sp³-hybridized carbons (Fsp3) is 0.727. The van der Waals surface area contributed by atoms with Gasteiger partial charge in [-0.05, 0) is 32.6 Å². The molecule has 0 saturated carbocycles. The molecule has 0 aliphatic carbocycles. The first-order valence-corrected chi connectivity index (χ1v) is 6.88. The minimum Gasteiger partial charge on any atom is -0.393 e. The Morgan fingerprint density at radius 3 is 2.72 bits per heavy atom. The van der Waals surface area contributed by atoms with Crippen LogP contribution in [0.3, 0.4) is 0 Å². The normalized spacial score (nSPS) is 18.7. The van der Waals surface area contributed by atoms with Crippen molar-refractivity contribution in [3.8, 4) is 0 Å². The highest BCUT2D eigenvalue weighted by atomic mass is 32.1. The van der Waals surface area contributed by atoms with Gasteiger partial charge in [-0.25, -0.2) is 9.78 Å². The van der Waals surface area contributed by atoms with Gasteiger partial charge in [0.05, 0.1) is 6.10 Å². The van der Waals surface area contributed by atoms with Crippen molar-refractivity contribution in [2.75, 3.05) is 18.4 Å². The standard InChI is InChI=1S/C11H18N4O2S/c1-7(16)9-3-5-15(6-4-9)11(17)13-10-12-8(2)14-18-10/h7,9,16H,3-6H2,1-2H3,(H,12,13,14,17). The molecule has 1 atom stereocenters. The number of hydrogen-bond acceptors (Lipinski definition) is 5. The summed E-state index contributed by atoms with van der Waals surface area (Å²) in [5, 5.41) is 12.8. The molecule has 7 heteroatoms. The van der Waals surface area contributed by atoms with Gasteiger partial charge in [-0.2, -0.15) is 4.37 Å². The molecule has 1 unspecified atom stereocenters. The monoisotopic (exact) mass is 270 g/mol. The van der Waals surface area contributed by atoms with Crippen molar-refractivity contribution in [1.29, 1.82) is 0 Å². The van der Waals surface area contributed by atoms with E-state index in [0.717, 1.165) is 12.8 Å². The second kappa shape index (κ2) is 5.62. The molecule has 0 aromatic carbocycles. The molecule has 18 heavy (non-hydrogen) atoms. The number of hydrogen-bond donors (Lipinski definition) is 2. The number of amides is 2. The van der Waals surface area contributed by atoms with Crippen molar-refractivity contribution < 1.29 is 9.90 Å². The maximum Gasteiger partial charge on any atom is 0.323 e. The third-order valence-corrected chi connectivity index (χ3v) is 3.97. The van der Waals surface area contributed by atoms with Crippen molar-refractivity contribution in [1.82, 2.24) is 14.3 Å². The number of aliphatic hydroxyl groups is 1. The Bertz CT molecular complexity index is 413. The summed E-state index contributed by atoms with van der Waals surface area (Å²) in [5.74, 6) is 0.973. The highest BCUT2D eigenvalue weighted by Crippen LogP contribution is 2.21. The molecule has 1 fully saturated rings. The molecule has 2 heterocycles.